The second-order valence-electron chi connectivity index (χ2n) is 9.11. The first-order valence-corrected chi connectivity index (χ1v) is 15.0. The maximum Gasteiger partial charge on any atom is 0.264 e. The third-order valence-corrected chi connectivity index (χ3v) is 8.84. The lowest BCUT2D eigenvalue weighted by molar-refractivity contribution is -0.139. The minimum absolute atomic E-state index is 0.000865. The molecule has 0 aromatic heterocycles. The molecule has 0 aliphatic rings. The summed E-state index contributed by atoms with van der Waals surface area (Å²) in [4.78, 5) is 28.3. The van der Waals surface area contributed by atoms with Crippen LogP contribution in [0.4, 0.5) is 5.69 Å². The number of carbonyl (C=O) groups excluding carboxylic acids is 2. The molecule has 3 rings (SSSR count). The highest BCUT2D eigenvalue weighted by Gasteiger charge is 2.32. The second-order valence-corrected chi connectivity index (χ2v) is 11.8. The third-order valence-electron chi connectivity index (χ3n) is 6.31. The highest BCUT2D eigenvalue weighted by molar-refractivity contribution is 7.92. The van der Waals surface area contributed by atoms with Crippen molar-refractivity contribution in [1.29, 1.82) is 0 Å². The highest BCUT2D eigenvalue weighted by atomic mass is 35.5. The summed E-state index contributed by atoms with van der Waals surface area (Å²) in [6.07, 6.45) is 1.70. The summed E-state index contributed by atoms with van der Waals surface area (Å²) < 4.78 is 33.8. The van der Waals surface area contributed by atoms with Gasteiger partial charge in [0.05, 0.1) is 27.7 Å². The van der Waals surface area contributed by atoms with Gasteiger partial charge in [0.15, 0.2) is 0 Å². The van der Waals surface area contributed by atoms with Gasteiger partial charge in [0.2, 0.25) is 11.8 Å². The number of ether oxygens (including phenoxy) is 1. The number of hydrogen-bond donors (Lipinski definition) is 1. The first kappa shape index (κ1) is 31.3. The average Bonchev–Trinajstić information content (AvgIpc) is 2.96. The van der Waals surface area contributed by atoms with Crippen LogP contribution >= 0.6 is 23.2 Å². The molecule has 0 spiro atoms. The van der Waals surface area contributed by atoms with Gasteiger partial charge in [0.25, 0.3) is 10.0 Å². The molecular weight excluding hydrogens is 573 g/mol. The van der Waals surface area contributed by atoms with Gasteiger partial charge < -0.3 is 15.0 Å². The van der Waals surface area contributed by atoms with Gasteiger partial charge in [-0.1, -0.05) is 66.9 Å². The quantitative estimate of drug-likeness (QED) is 0.258. The van der Waals surface area contributed by atoms with Crippen LogP contribution in [0.15, 0.2) is 77.7 Å². The number of nitrogens with one attached hydrogen (secondary N) is 1. The number of methoxy groups -OCH3 is 1. The van der Waals surface area contributed by atoms with E-state index >= 15 is 0 Å². The molecule has 0 fully saturated rings. The van der Waals surface area contributed by atoms with Crippen LogP contribution in [0.5, 0.6) is 5.75 Å². The Morgan fingerprint density at radius 2 is 1.65 bits per heavy atom. The molecule has 0 saturated carbocycles. The minimum atomic E-state index is -4.19. The molecule has 0 radical (unpaired) electrons. The van der Waals surface area contributed by atoms with Crippen molar-refractivity contribution in [3.8, 4) is 5.75 Å². The van der Waals surface area contributed by atoms with E-state index in [1.807, 2.05) is 6.92 Å². The monoisotopic (exact) mass is 605 g/mol. The van der Waals surface area contributed by atoms with E-state index in [1.54, 1.807) is 56.5 Å². The number of hydrogen-bond acceptors (Lipinski definition) is 5. The van der Waals surface area contributed by atoms with Crippen molar-refractivity contribution in [2.75, 3.05) is 24.5 Å². The van der Waals surface area contributed by atoms with E-state index in [9.17, 15) is 18.0 Å². The van der Waals surface area contributed by atoms with E-state index in [0.717, 1.165) is 22.7 Å². The van der Waals surface area contributed by atoms with E-state index < -0.39 is 28.5 Å². The fourth-order valence-corrected chi connectivity index (χ4v) is 5.65. The van der Waals surface area contributed by atoms with Crippen LogP contribution in [0.1, 0.15) is 32.3 Å². The van der Waals surface area contributed by atoms with Gasteiger partial charge in [0, 0.05) is 13.1 Å². The number of carbonyl (C=O) groups is 2. The molecular formula is C29H33Cl2N3O5S. The molecule has 214 valence electrons. The molecule has 2 amide bonds. The van der Waals surface area contributed by atoms with Crippen LogP contribution in [0.2, 0.25) is 10.0 Å². The van der Waals surface area contributed by atoms with E-state index in [2.05, 4.69) is 5.32 Å². The van der Waals surface area contributed by atoms with Crippen molar-refractivity contribution in [3.63, 3.8) is 0 Å². The fraction of sp³-hybridized carbons (Fsp3) is 0.310. The van der Waals surface area contributed by atoms with E-state index in [-0.39, 0.29) is 33.1 Å². The molecule has 11 heteroatoms. The standard InChI is InChI=1S/C29H33Cl2N3O5S/c1-4-5-17-32-29(36)21(2)33(19-22-11-14-24(39-3)15-12-22)28(35)20-34(23-13-16-26(30)27(31)18-23)40(37,38)25-9-7-6-8-10-25/h6-16,18,21H,4-5,17,19-20H2,1-3H3,(H,32,36). The molecule has 0 bridgehead atoms. The van der Waals surface area contributed by atoms with Crippen molar-refractivity contribution in [3.05, 3.63) is 88.4 Å². The summed E-state index contributed by atoms with van der Waals surface area (Å²) in [7, 11) is -2.64. The van der Waals surface area contributed by atoms with Crippen LogP contribution in [0, 0.1) is 0 Å². The third kappa shape index (κ3) is 7.90. The summed E-state index contributed by atoms with van der Waals surface area (Å²) >= 11 is 12.3. The van der Waals surface area contributed by atoms with Crippen molar-refractivity contribution in [2.24, 2.45) is 0 Å². The van der Waals surface area contributed by atoms with Crippen LogP contribution < -0.4 is 14.4 Å². The summed E-state index contributed by atoms with van der Waals surface area (Å²) in [6.45, 7) is 3.61. The van der Waals surface area contributed by atoms with Gasteiger partial charge >= 0.3 is 0 Å². The van der Waals surface area contributed by atoms with Crippen molar-refractivity contribution < 1.29 is 22.7 Å². The Kier molecular flexibility index (Phi) is 11.2. The van der Waals surface area contributed by atoms with Gasteiger partial charge in [-0.25, -0.2) is 8.42 Å². The van der Waals surface area contributed by atoms with Crippen LogP contribution in [0.25, 0.3) is 0 Å². The van der Waals surface area contributed by atoms with Gasteiger partial charge in [-0.3, -0.25) is 13.9 Å². The Morgan fingerprint density at radius 3 is 2.25 bits per heavy atom. The molecule has 3 aromatic carbocycles. The first-order valence-electron chi connectivity index (χ1n) is 12.8. The molecule has 0 saturated heterocycles. The lowest BCUT2D eigenvalue weighted by atomic mass is 10.1. The lowest BCUT2D eigenvalue weighted by Gasteiger charge is -2.32. The molecule has 0 heterocycles. The molecule has 1 atom stereocenters. The number of rotatable bonds is 13. The van der Waals surface area contributed by atoms with Crippen LogP contribution in [-0.4, -0.2) is 51.4 Å². The number of sulfonamides is 1. The number of unbranched alkanes of at least 4 members (excludes halogenated alkanes) is 1. The van der Waals surface area contributed by atoms with E-state index in [1.165, 1.54) is 35.2 Å². The van der Waals surface area contributed by atoms with Crippen molar-refractivity contribution >= 4 is 50.7 Å². The number of amides is 2. The van der Waals surface area contributed by atoms with Gasteiger partial charge in [-0.05, 0) is 61.4 Å². The van der Waals surface area contributed by atoms with E-state index in [0.29, 0.717) is 12.3 Å². The Labute approximate surface area is 245 Å². The molecule has 0 aliphatic carbocycles. The van der Waals surface area contributed by atoms with Gasteiger partial charge in [-0.2, -0.15) is 0 Å². The Hall–Kier alpha value is -3.27. The minimum Gasteiger partial charge on any atom is -0.497 e. The largest absolute Gasteiger partial charge is 0.497 e. The summed E-state index contributed by atoms with van der Waals surface area (Å²) in [5.74, 6) is -0.256. The molecule has 40 heavy (non-hydrogen) atoms. The Bertz CT molecular complexity index is 1400. The molecule has 1 N–H and O–H groups in total. The topological polar surface area (TPSA) is 96.0 Å². The highest BCUT2D eigenvalue weighted by Crippen LogP contribution is 2.31. The fourth-order valence-electron chi connectivity index (χ4n) is 3.93. The zero-order valence-electron chi connectivity index (χ0n) is 22.6. The van der Waals surface area contributed by atoms with E-state index in [4.69, 9.17) is 27.9 Å². The average molecular weight is 607 g/mol. The predicted octanol–water partition coefficient (Wildman–Crippen LogP) is 5.53. The number of nitrogens with zero attached hydrogens (tertiary/aromatic N) is 2. The van der Waals surface area contributed by atoms with Crippen molar-refractivity contribution in [2.45, 2.75) is 44.2 Å². The van der Waals surface area contributed by atoms with Crippen LogP contribution in [0.3, 0.4) is 0 Å². The smallest absolute Gasteiger partial charge is 0.264 e. The maximum atomic E-state index is 13.9. The lowest BCUT2D eigenvalue weighted by Crippen LogP contribution is -2.51. The summed E-state index contributed by atoms with van der Waals surface area (Å²) in [5.41, 5.74) is 0.908. The summed E-state index contributed by atoms with van der Waals surface area (Å²) in [5, 5.41) is 3.24. The zero-order chi connectivity index (χ0) is 29.3. The second kappa shape index (κ2) is 14.4. The number of halogens is 2. The molecule has 1 unspecified atom stereocenters. The Morgan fingerprint density at radius 1 is 0.975 bits per heavy atom. The first-order chi connectivity index (χ1) is 19.1. The number of anilines is 1. The molecule has 0 aliphatic heterocycles. The molecule has 3 aromatic rings. The van der Waals surface area contributed by atoms with Crippen molar-refractivity contribution in [1.82, 2.24) is 10.2 Å². The molecule has 8 nitrogen and oxygen atoms in total. The predicted molar refractivity (Wildman–Crippen MR) is 158 cm³/mol. The normalized spacial score (nSPS) is 11.9. The summed E-state index contributed by atoms with van der Waals surface area (Å²) in [6, 6.07) is 18.4. The maximum absolute atomic E-state index is 13.9. The zero-order valence-corrected chi connectivity index (χ0v) is 25.0. The van der Waals surface area contributed by atoms with Crippen LogP contribution in [-0.2, 0) is 26.2 Å². The van der Waals surface area contributed by atoms with Gasteiger partial charge in [0.1, 0.15) is 18.3 Å². The number of benzene rings is 3. The Balaban J connectivity index is 2.00. The van der Waals surface area contributed by atoms with Gasteiger partial charge in [-0.15, -0.1) is 0 Å². The SMILES string of the molecule is CCCCNC(=O)C(C)N(Cc1ccc(OC)cc1)C(=O)CN(c1ccc(Cl)c(Cl)c1)S(=O)(=O)c1ccccc1.